The first kappa shape index (κ1) is 19.5. The highest BCUT2D eigenvalue weighted by molar-refractivity contribution is 7.89. The Hall–Kier alpha value is -2.25. The molecule has 1 aromatic carbocycles. The van der Waals surface area contributed by atoms with Crippen LogP contribution in [0.3, 0.4) is 0 Å². The Morgan fingerprint density at radius 1 is 1.22 bits per heavy atom. The van der Waals surface area contributed by atoms with Crippen molar-refractivity contribution in [1.82, 2.24) is 4.31 Å². The summed E-state index contributed by atoms with van der Waals surface area (Å²) >= 11 is 1.25. The van der Waals surface area contributed by atoms with Crippen LogP contribution in [0.1, 0.15) is 29.8 Å². The van der Waals surface area contributed by atoms with E-state index in [-0.39, 0.29) is 17.1 Å². The number of carbonyl (C=O) groups excluding carboxylic acids is 1. The summed E-state index contributed by atoms with van der Waals surface area (Å²) in [5.74, 6) is -0.397. The number of sulfonamides is 1. The number of carbonyl (C=O) groups is 1. The first-order valence-corrected chi connectivity index (χ1v) is 10.7. The van der Waals surface area contributed by atoms with Crippen molar-refractivity contribution in [2.75, 3.05) is 18.4 Å². The second kappa shape index (κ2) is 7.78. The lowest BCUT2D eigenvalue weighted by molar-refractivity contribution is -0.0440. The first-order valence-electron chi connectivity index (χ1n) is 8.36. The van der Waals surface area contributed by atoms with Crippen LogP contribution in [0, 0.1) is 11.3 Å². The van der Waals surface area contributed by atoms with E-state index in [0.29, 0.717) is 29.2 Å². The number of amides is 1. The molecule has 7 nitrogen and oxygen atoms in total. The molecule has 2 atom stereocenters. The lowest BCUT2D eigenvalue weighted by Crippen LogP contribution is -2.48. The molecule has 2 unspecified atom stereocenters. The van der Waals surface area contributed by atoms with Crippen molar-refractivity contribution < 1.29 is 17.9 Å². The summed E-state index contributed by atoms with van der Waals surface area (Å²) in [6.07, 6.45) is -0.345. The third-order valence-corrected chi connectivity index (χ3v) is 6.83. The maximum Gasteiger partial charge on any atom is 0.256 e. The van der Waals surface area contributed by atoms with E-state index in [9.17, 15) is 13.2 Å². The Bertz CT molecular complexity index is 967. The topological polar surface area (TPSA) is 99.5 Å². The first-order chi connectivity index (χ1) is 12.8. The van der Waals surface area contributed by atoms with Crippen LogP contribution in [0.25, 0.3) is 0 Å². The zero-order valence-electron chi connectivity index (χ0n) is 14.9. The zero-order chi connectivity index (χ0) is 19.6. The van der Waals surface area contributed by atoms with Crippen LogP contribution < -0.4 is 5.32 Å². The number of hydrogen-bond acceptors (Lipinski definition) is 6. The molecule has 2 heterocycles. The van der Waals surface area contributed by atoms with Crippen molar-refractivity contribution in [3.8, 4) is 6.07 Å². The van der Waals surface area contributed by atoms with E-state index in [1.165, 1.54) is 39.9 Å². The van der Waals surface area contributed by atoms with E-state index in [0.717, 1.165) is 0 Å². The van der Waals surface area contributed by atoms with Gasteiger partial charge in [0.15, 0.2) is 0 Å². The minimum atomic E-state index is -3.65. The third-order valence-electron chi connectivity index (χ3n) is 4.15. The van der Waals surface area contributed by atoms with Gasteiger partial charge >= 0.3 is 0 Å². The smallest absolute Gasteiger partial charge is 0.256 e. The van der Waals surface area contributed by atoms with Crippen LogP contribution in [-0.2, 0) is 14.8 Å². The number of thiophene rings is 1. The van der Waals surface area contributed by atoms with Crippen molar-refractivity contribution >= 4 is 32.3 Å². The number of nitriles is 1. The Balaban J connectivity index is 1.76. The van der Waals surface area contributed by atoms with Gasteiger partial charge in [-0.1, -0.05) is 0 Å². The molecular weight excluding hydrogens is 386 g/mol. The van der Waals surface area contributed by atoms with Crippen LogP contribution in [0.2, 0.25) is 0 Å². The average Bonchev–Trinajstić information content (AvgIpc) is 3.08. The van der Waals surface area contributed by atoms with E-state index >= 15 is 0 Å². The zero-order valence-corrected chi connectivity index (χ0v) is 16.5. The van der Waals surface area contributed by atoms with E-state index in [2.05, 4.69) is 5.32 Å². The highest BCUT2D eigenvalue weighted by Gasteiger charge is 2.32. The summed E-state index contributed by atoms with van der Waals surface area (Å²) in [4.78, 5) is 12.5. The minimum Gasteiger partial charge on any atom is -0.373 e. The summed E-state index contributed by atoms with van der Waals surface area (Å²) in [5, 5.41) is 13.9. The number of morpholine rings is 1. The van der Waals surface area contributed by atoms with Gasteiger partial charge in [0.25, 0.3) is 5.91 Å². The second-order valence-corrected chi connectivity index (χ2v) is 9.19. The number of rotatable bonds is 4. The molecule has 27 heavy (non-hydrogen) atoms. The van der Waals surface area contributed by atoms with Crippen molar-refractivity contribution in [1.29, 1.82) is 5.26 Å². The quantitative estimate of drug-likeness (QED) is 0.843. The molecule has 1 aliphatic heterocycles. The molecule has 2 aromatic rings. The van der Waals surface area contributed by atoms with E-state index in [1.807, 2.05) is 19.9 Å². The number of ether oxygens (including phenoxy) is 1. The molecule has 1 saturated heterocycles. The molecular formula is C18H19N3O4S2. The molecule has 1 aromatic heterocycles. The number of nitrogens with zero attached hydrogens (tertiary/aromatic N) is 2. The average molecular weight is 406 g/mol. The van der Waals surface area contributed by atoms with Crippen LogP contribution in [0.4, 0.5) is 5.00 Å². The molecule has 0 saturated carbocycles. The van der Waals surface area contributed by atoms with Gasteiger partial charge < -0.3 is 10.1 Å². The molecule has 9 heteroatoms. The number of hydrogen-bond donors (Lipinski definition) is 1. The predicted molar refractivity (Wildman–Crippen MR) is 102 cm³/mol. The van der Waals surface area contributed by atoms with Gasteiger partial charge in [0.05, 0.1) is 22.7 Å². The lowest BCUT2D eigenvalue weighted by atomic mass is 10.2. The summed E-state index contributed by atoms with van der Waals surface area (Å²) < 4.78 is 32.7. The molecule has 0 radical (unpaired) electrons. The Kier molecular flexibility index (Phi) is 5.62. The van der Waals surface area contributed by atoms with Crippen molar-refractivity contribution in [2.24, 2.45) is 0 Å². The fourth-order valence-electron chi connectivity index (χ4n) is 2.92. The molecule has 1 fully saturated rings. The molecule has 142 valence electrons. The van der Waals surface area contributed by atoms with Gasteiger partial charge in [-0.2, -0.15) is 9.57 Å². The standard InChI is InChI=1S/C18H19N3O4S2/c1-12-10-21(11-13(2)25-12)27(23,24)16-5-3-14(4-6-16)17(22)20-18-15(9-19)7-8-26-18/h3-8,12-13H,10-11H2,1-2H3,(H,20,22). The molecule has 3 rings (SSSR count). The lowest BCUT2D eigenvalue weighted by Gasteiger charge is -2.34. The van der Waals surface area contributed by atoms with Gasteiger partial charge in [-0.3, -0.25) is 4.79 Å². The number of benzene rings is 1. The normalized spacial score (nSPS) is 20.8. The van der Waals surface area contributed by atoms with Crippen LogP contribution in [-0.4, -0.2) is 43.9 Å². The fraction of sp³-hybridized carbons (Fsp3) is 0.333. The molecule has 1 aliphatic rings. The maximum atomic E-state index is 12.8. The third kappa shape index (κ3) is 4.20. The second-order valence-electron chi connectivity index (χ2n) is 6.33. The minimum absolute atomic E-state index is 0.134. The molecule has 0 spiro atoms. The SMILES string of the molecule is CC1CN(S(=O)(=O)c2ccc(C(=O)Nc3sccc3C#N)cc2)CC(C)O1. The van der Waals surface area contributed by atoms with Gasteiger partial charge in [-0.05, 0) is 49.6 Å². The number of nitrogens with one attached hydrogen (secondary N) is 1. The predicted octanol–water partition coefficient (Wildman–Crippen LogP) is 2.67. The summed E-state index contributed by atoms with van der Waals surface area (Å²) in [5.41, 5.74) is 0.707. The fourth-order valence-corrected chi connectivity index (χ4v) is 5.25. The van der Waals surface area contributed by atoms with E-state index in [1.54, 1.807) is 11.4 Å². The van der Waals surface area contributed by atoms with Crippen LogP contribution in [0.5, 0.6) is 0 Å². The number of anilines is 1. The Morgan fingerprint density at radius 3 is 2.44 bits per heavy atom. The van der Waals surface area contributed by atoms with E-state index < -0.39 is 15.9 Å². The largest absolute Gasteiger partial charge is 0.373 e. The van der Waals surface area contributed by atoms with Crippen LogP contribution in [0.15, 0.2) is 40.6 Å². The summed E-state index contributed by atoms with van der Waals surface area (Å²) in [6.45, 7) is 4.27. The highest BCUT2D eigenvalue weighted by Crippen LogP contribution is 2.24. The monoisotopic (exact) mass is 405 g/mol. The van der Waals surface area contributed by atoms with Gasteiger partial charge in [-0.15, -0.1) is 11.3 Å². The van der Waals surface area contributed by atoms with Gasteiger partial charge in [-0.25, -0.2) is 8.42 Å². The molecule has 0 aliphatic carbocycles. The van der Waals surface area contributed by atoms with Gasteiger partial charge in [0, 0.05) is 18.7 Å². The highest BCUT2D eigenvalue weighted by atomic mass is 32.2. The molecule has 0 bridgehead atoms. The Labute approximate surface area is 162 Å². The molecule has 1 amide bonds. The van der Waals surface area contributed by atoms with Gasteiger partial charge in [0.1, 0.15) is 11.1 Å². The Morgan fingerprint density at radius 2 is 1.85 bits per heavy atom. The van der Waals surface area contributed by atoms with Crippen LogP contribution >= 0.6 is 11.3 Å². The van der Waals surface area contributed by atoms with Crippen molar-refractivity contribution in [3.63, 3.8) is 0 Å². The van der Waals surface area contributed by atoms with Gasteiger partial charge in [0.2, 0.25) is 10.0 Å². The van der Waals surface area contributed by atoms with Crippen molar-refractivity contribution in [3.05, 3.63) is 46.8 Å². The van der Waals surface area contributed by atoms with E-state index in [4.69, 9.17) is 10.00 Å². The maximum absolute atomic E-state index is 12.8. The molecule has 1 N–H and O–H groups in total. The van der Waals surface area contributed by atoms with Crippen molar-refractivity contribution in [2.45, 2.75) is 31.0 Å². The summed E-state index contributed by atoms with van der Waals surface area (Å²) in [6, 6.07) is 9.42. The summed E-state index contributed by atoms with van der Waals surface area (Å²) in [7, 11) is -3.65.